The molecule has 0 bridgehead atoms. The molecule has 1 aliphatic heterocycles. The van der Waals surface area contributed by atoms with Gasteiger partial charge < -0.3 is 9.64 Å². The Morgan fingerprint density at radius 2 is 1.36 bits per heavy atom. The van der Waals surface area contributed by atoms with Gasteiger partial charge in [0.1, 0.15) is 22.8 Å². The first-order chi connectivity index (χ1) is 27.0. The van der Waals surface area contributed by atoms with E-state index in [-0.39, 0.29) is 5.41 Å². The van der Waals surface area contributed by atoms with E-state index in [0.29, 0.717) is 0 Å². The van der Waals surface area contributed by atoms with Crippen molar-refractivity contribution in [1.29, 1.82) is 0 Å². The van der Waals surface area contributed by atoms with Crippen molar-refractivity contribution >= 4 is 55.5 Å². The number of hydrogen-bond acceptors (Lipinski definition) is 5. The lowest BCUT2D eigenvalue weighted by molar-refractivity contribution is 0.483. The van der Waals surface area contributed by atoms with E-state index in [1.807, 2.05) is 71.7 Å². The summed E-state index contributed by atoms with van der Waals surface area (Å²) in [5, 5.41) is 8.23. The summed E-state index contributed by atoms with van der Waals surface area (Å²) in [5.41, 5.74) is 12.5. The molecule has 0 saturated carbocycles. The topological polar surface area (TPSA) is 60.5 Å². The Balaban J connectivity index is 0.936. The highest BCUT2D eigenvalue weighted by Crippen LogP contribution is 2.52. The van der Waals surface area contributed by atoms with Gasteiger partial charge in [-0.25, -0.2) is 14.6 Å². The maximum absolute atomic E-state index is 6.54. The van der Waals surface area contributed by atoms with Crippen LogP contribution in [0.25, 0.3) is 55.4 Å². The minimum atomic E-state index is -0.203. The van der Waals surface area contributed by atoms with Gasteiger partial charge in [-0.15, -0.1) is 0 Å². The first-order valence-electron chi connectivity index (χ1n) is 18.5. The smallest absolute Gasteiger partial charge is 0.147 e. The third kappa shape index (κ3) is 4.86. The van der Waals surface area contributed by atoms with Gasteiger partial charge in [-0.1, -0.05) is 74.5 Å². The molecule has 0 saturated heterocycles. The van der Waals surface area contributed by atoms with Crippen molar-refractivity contribution in [3.05, 3.63) is 181 Å². The Hall–Kier alpha value is -7.25. The third-order valence-corrected chi connectivity index (χ3v) is 11.0. The van der Waals surface area contributed by atoms with Gasteiger partial charge in [0.25, 0.3) is 0 Å². The van der Waals surface area contributed by atoms with Crippen molar-refractivity contribution in [2.45, 2.75) is 19.3 Å². The van der Waals surface area contributed by atoms with E-state index in [1.54, 1.807) is 0 Å². The summed E-state index contributed by atoms with van der Waals surface area (Å²) in [6.45, 7) is 4.63. The molecule has 0 radical (unpaired) electrons. The minimum Gasteiger partial charge on any atom is -0.457 e. The maximum Gasteiger partial charge on any atom is 0.147 e. The molecule has 0 spiro atoms. The van der Waals surface area contributed by atoms with Crippen LogP contribution in [0, 0.1) is 0 Å². The number of para-hydroxylation sites is 4. The number of benzene rings is 6. The molecule has 7 nitrogen and oxygen atoms in total. The zero-order valence-electron chi connectivity index (χ0n) is 30.3. The molecule has 262 valence electrons. The highest BCUT2D eigenvalue weighted by molar-refractivity contribution is 6.13. The van der Waals surface area contributed by atoms with Crippen molar-refractivity contribution in [2.24, 2.45) is 0 Å². The van der Waals surface area contributed by atoms with Crippen molar-refractivity contribution in [3.63, 3.8) is 0 Å². The van der Waals surface area contributed by atoms with Gasteiger partial charge in [0.2, 0.25) is 0 Å². The third-order valence-electron chi connectivity index (χ3n) is 11.0. The molecule has 0 N–H and O–H groups in total. The van der Waals surface area contributed by atoms with Gasteiger partial charge in [0.15, 0.2) is 0 Å². The fourth-order valence-electron chi connectivity index (χ4n) is 8.38. The lowest BCUT2D eigenvalue weighted by atomic mass is 9.73. The molecule has 4 aromatic heterocycles. The van der Waals surface area contributed by atoms with Crippen molar-refractivity contribution in [1.82, 2.24) is 24.1 Å². The Morgan fingerprint density at radius 1 is 0.564 bits per heavy atom. The summed E-state index contributed by atoms with van der Waals surface area (Å²) in [5.74, 6) is 1.45. The van der Waals surface area contributed by atoms with Gasteiger partial charge in [-0.2, -0.15) is 5.10 Å². The van der Waals surface area contributed by atoms with E-state index in [4.69, 9.17) is 19.8 Å². The lowest BCUT2D eigenvalue weighted by Crippen LogP contribution is -2.30. The molecule has 0 aliphatic carbocycles. The number of nitrogens with zero attached hydrogens (tertiary/aromatic N) is 6. The molecular formula is C48H34N6O. The summed E-state index contributed by atoms with van der Waals surface area (Å²) in [7, 11) is 0. The van der Waals surface area contributed by atoms with Gasteiger partial charge in [-0.05, 0) is 108 Å². The Kier molecular flexibility index (Phi) is 6.76. The second-order valence-electron chi connectivity index (χ2n) is 14.6. The van der Waals surface area contributed by atoms with Crippen LogP contribution in [0.15, 0.2) is 170 Å². The Labute approximate surface area is 317 Å². The molecule has 5 heterocycles. The Bertz CT molecular complexity index is 3120. The molecule has 0 fully saturated rings. The number of anilines is 3. The molecular weight excluding hydrogens is 677 g/mol. The Morgan fingerprint density at radius 3 is 2.29 bits per heavy atom. The number of pyridine rings is 2. The average molecular weight is 711 g/mol. The first kappa shape index (κ1) is 31.3. The van der Waals surface area contributed by atoms with Gasteiger partial charge >= 0.3 is 0 Å². The maximum atomic E-state index is 6.54. The largest absolute Gasteiger partial charge is 0.457 e. The molecule has 55 heavy (non-hydrogen) atoms. The van der Waals surface area contributed by atoms with Crippen molar-refractivity contribution < 1.29 is 4.74 Å². The molecule has 0 unspecified atom stereocenters. The molecule has 6 aromatic carbocycles. The fourth-order valence-corrected chi connectivity index (χ4v) is 8.38. The van der Waals surface area contributed by atoms with Crippen LogP contribution in [0.2, 0.25) is 0 Å². The van der Waals surface area contributed by atoms with Crippen molar-refractivity contribution in [2.75, 3.05) is 4.90 Å². The molecule has 0 amide bonds. The predicted molar refractivity (Wildman–Crippen MR) is 221 cm³/mol. The summed E-state index contributed by atoms with van der Waals surface area (Å²) in [6.07, 6.45) is 3.85. The summed E-state index contributed by atoms with van der Waals surface area (Å²) in [6, 6.07) is 54.7. The van der Waals surface area contributed by atoms with E-state index >= 15 is 0 Å². The highest BCUT2D eigenvalue weighted by Gasteiger charge is 2.37. The van der Waals surface area contributed by atoms with Gasteiger partial charge in [0, 0.05) is 45.9 Å². The van der Waals surface area contributed by atoms with Crippen molar-refractivity contribution in [3.8, 4) is 28.4 Å². The standard InChI is InChI=1S/C48H34N6O/c1-48(2)39-17-6-8-19-43(39)53(32-12-4-3-5-13-32)44-24-21-31(28-40(44)48)41-25-27-52(51-41)33-14-10-15-34(29-33)55-35-22-23-36-37-16-11-26-49-46(37)54-45-20-9-7-18-42(45)50-47(54)38(36)30-35/h3-30H,1-2H3. The summed E-state index contributed by atoms with van der Waals surface area (Å²) in [4.78, 5) is 12.2. The fraction of sp³-hybridized carbons (Fsp3) is 0.0625. The van der Waals surface area contributed by atoms with Crippen LogP contribution in [0.1, 0.15) is 25.0 Å². The first-order valence-corrected chi connectivity index (χ1v) is 18.5. The second-order valence-corrected chi connectivity index (χ2v) is 14.6. The molecule has 10 aromatic rings. The van der Waals surface area contributed by atoms with Crippen LogP contribution >= 0.6 is 0 Å². The number of fused-ring (bicyclic) bond motifs is 10. The van der Waals surface area contributed by atoms with Crippen LogP contribution in [-0.2, 0) is 5.41 Å². The monoisotopic (exact) mass is 710 g/mol. The van der Waals surface area contributed by atoms with Crippen LogP contribution in [0.3, 0.4) is 0 Å². The average Bonchev–Trinajstić information content (AvgIpc) is 3.88. The predicted octanol–water partition coefficient (Wildman–Crippen LogP) is 11.9. The molecule has 11 rings (SSSR count). The second kappa shape index (κ2) is 11.9. The van der Waals surface area contributed by atoms with Crippen LogP contribution in [0.4, 0.5) is 17.1 Å². The number of ether oxygens (including phenoxy) is 1. The van der Waals surface area contributed by atoms with Crippen LogP contribution < -0.4 is 9.64 Å². The summed E-state index contributed by atoms with van der Waals surface area (Å²) < 4.78 is 10.6. The summed E-state index contributed by atoms with van der Waals surface area (Å²) >= 11 is 0. The molecule has 1 aliphatic rings. The van der Waals surface area contributed by atoms with Gasteiger partial charge in [-0.3, -0.25) is 4.40 Å². The number of aromatic nitrogens is 5. The highest BCUT2D eigenvalue weighted by atomic mass is 16.5. The number of rotatable bonds is 5. The molecule has 7 heteroatoms. The SMILES string of the molecule is CC1(C)c2ccccc2N(c2ccccc2)c2ccc(-c3ccn(-c4cccc(Oc5ccc6c7cccnc7n7c8ccccc8nc7c6c5)c4)n3)cc21. The van der Waals surface area contributed by atoms with E-state index < -0.39 is 0 Å². The van der Waals surface area contributed by atoms with Gasteiger partial charge in [0.05, 0.1) is 33.8 Å². The lowest BCUT2D eigenvalue weighted by Gasteiger charge is -2.42. The zero-order valence-corrected chi connectivity index (χ0v) is 30.3. The normalized spacial score (nSPS) is 13.4. The minimum absolute atomic E-state index is 0.203. The van der Waals surface area contributed by atoms with E-state index in [0.717, 1.165) is 72.6 Å². The van der Waals surface area contributed by atoms with Crippen LogP contribution in [-0.4, -0.2) is 24.1 Å². The van der Waals surface area contributed by atoms with E-state index in [2.05, 4.69) is 126 Å². The van der Waals surface area contributed by atoms with E-state index in [1.165, 1.54) is 22.5 Å². The molecule has 0 atom stereocenters. The number of hydrogen-bond donors (Lipinski definition) is 0. The van der Waals surface area contributed by atoms with Crippen LogP contribution in [0.5, 0.6) is 11.5 Å². The number of imidazole rings is 1. The zero-order chi connectivity index (χ0) is 36.7. The quantitative estimate of drug-likeness (QED) is 0.166. The van der Waals surface area contributed by atoms with E-state index in [9.17, 15) is 0 Å².